The highest BCUT2D eigenvalue weighted by atomic mass is 35.5. The number of carbonyl (C=O) groups is 1. The van der Waals surface area contributed by atoms with Gasteiger partial charge in [-0.05, 0) is 48.6 Å². The Kier molecular flexibility index (Phi) is 5.09. The predicted molar refractivity (Wildman–Crippen MR) is 99.7 cm³/mol. The molecule has 6 heteroatoms. The van der Waals surface area contributed by atoms with Crippen LogP contribution in [-0.2, 0) is 0 Å². The van der Waals surface area contributed by atoms with Crippen molar-refractivity contribution in [1.82, 2.24) is 4.98 Å². The van der Waals surface area contributed by atoms with Gasteiger partial charge in [0.25, 0.3) is 0 Å². The number of hydrogen-bond acceptors (Lipinski definition) is 4. The van der Waals surface area contributed by atoms with Gasteiger partial charge in [-0.25, -0.2) is 9.78 Å². The number of para-hydroxylation sites is 1. The van der Waals surface area contributed by atoms with Crippen molar-refractivity contribution in [3.63, 3.8) is 0 Å². The average Bonchev–Trinajstić information content (AvgIpc) is 2.63. The molecule has 1 N–H and O–H groups in total. The summed E-state index contributed by atoms with van der Waals surface area (Å²) in [5, 5.41) is 22.0. The van der Waals surface area contributed by atoms with Crippen LogP contribution in [0.5, 0.6) is 11.5 Å². The van der Waals surface area contributed by atoms with Crippen molar-refractivity contribution in [2.24, 2.45) is 0 Å². The van der Waals surface area contributed by atoms with E-state index in [1.165, 1.54) is 12.1 Å². The number of halogens is 1. The molecule has 26 heavy (non-hydrogen) atoms. The second kappa shape index (κ2) is 7.45. The summed E-state index contributed by atoms with van der Waals surface area (Å²) < 4.78 is 5.29. The van der Waals surface area contributed by atoms with Crippen LogP contribution < -0.4 is 9.84 Å². The van der Waals surface area contributed by atoms with E-state index in [-0.39, 0.29) is 22.1 Å². The molecule has 132 valence electrons. The summed E-state index contributed by atoms with van der Waals surface area (Å²) in [6, 6.07) is 11.7. The first-order chi connectivity index (χ1) is 12.5. The summed E-state index contributed by atoms with van der Waals surface area (Å²) in [6.45, 7) is 2.13. The average molecular weight is 369 g/mol. The highest BCUT2D eigenvalue weighted by Gasteiger charge is 2.10. The van der Waals surface area contributed by atoms with Crippen molar-refractivity contribution < 1.29 is 19.7 Å². The number of aromatic carboxylic acids is 1. The first-order valence-corrected chi connectivity index (χ1v) is 8.32. The summed E-state index contributed by atoms with van der Waals surface area (Å²) in [6.07, 6.45) is 3.38. The molecule has 0 radical (unpaired) electrons. The van der Waals surface area contributed by atoms with Gasteiger partial charge in [0, 0.05) is 10.4 Å². The van der Waals surface area contributed by atoms with Crippen LogP contribution in [0.25, 0.3) is 23.1 Å². The normalized spacial score (nSPS) is 11.2. The van der Waals surface area contributed by atoms with Crippen LogP contribution in [0.4, 0.5) is 0 Å². The number of benzene rings is 2. The smallest absolute Gasteiger partial charge is 0.336 e. The Morgan fingerprint density at radius 2 is 2.04 bits per heavy atom. The van der Waals surface area contributed by atoms with E-state index in [2.05, 4.69) is 4.98 Å². The van der Waals surface area contributed by atoms with Crippen LogP contribution in [-0.4, -0.2) is 22.7 Å². The quantitative estimate of drug-likeness (QED) is 0.728. The fraction of sp³-hybridized carbons (Fsp3) is 0.100. The summed E-state index contributed by atoms with van der Waals surface area (Å²) in [4.78, 5) is 16.0. The van der Waals surface area contributed by atoms with Crippen LogP contribution >= 0.6 is 11.6 Å². The van der Waals surface area contributed by atoms with E-state index >= 15 is 0 Å². The minimum Gasteiger partial charge on any atom is -0.869 e. The highest BCUT2D eigenvalue weighted by Crippen LogP contribution is 2.33. The van der Waals surface area contributed by atoms with Crippen molar-refractivity contribution in [2.75, 3.05) is 6.61 Å². The topological polar surface area (TPSA) is 82.5 Å². The van der Waals surface area contributed by atoms with Crippen LogP contribution in [0.3, 0.4) is 0 Å². The molecule has 0 aliphatic carbocycles. The van der Waals surface area contributed by atoms with Crippen molar-refractivity contribution >= 4 is 40.6 Å². The Bertz CT molecular complexity index is 1010. The molecular weight excluding hydrogens is 354 g/mol. The molecule has 0 aliphatic heterocycles. The minimum absolute atomic E-state index is 0.0632. The Balaban J connectivity index is 2.02. The van der Waals surface area contributed by atoms with Crippen molar-refractivity contribution in [1.29, 1.82) is 0 Å². The third kappa shape index (κ3) is 3.63. The maximum atomic E-state index is 11.9. The molecular formula is C20H15ClNO4-. The number of nitrogens with zero attached hydrogens (tertiary/aromatic N) is 1. The Hall–Kier alpha value is -3.05. The van der Waals surface area contributed by atoms with Gasteiger partial charge in [0.2, 0.25) is 0 Å². The van der Waals surface area contributed by atoms with Gasteiger partial charge in [-0.15, -0.1) is 0 Å². The zero-order chi connectivity index (χ0) is 18.7. The van der Waals surface area contributed by atoms with Gasteiger partial charge in [0.05, 0.1) is 23.4 Å². The van der Waals surface area contributed by atoms with Gasteiger partial charge < -0.3 is 14.9 Å². The summed E-state index contributed by atoms with van der Waals surface area (Å²) in [7, 11) is 0. The molecule has 0 saturated carbocycles. The summed E-state index contributed by atoms with van der Waals surface area (Å²) in [5.41, 5.74) is 1.92. The van der Waals surface area contributed by atoms with Gasteiger partial charge >= 0.3 is 5.97 Å². The summed E-state index contributed by atoms with van der Waals surface area (Å²) >= 11 is 5.96. The molecule has 2 aromatic carbocycles. The van der Waals surface area contributed by atoms with Gasteiger partial charge in [-0.2, -0.15) is 0 Å². The maximum Gasteiger partial charge on any atom is 0.336 e. The molecule has 3 rings (SSSR count). The first-order valence-electron chi connectivity index (χ1n) is 7.94. The number of pyridine rings is 1. The first kappa shape index (κ1) is 17.8. The van der Waals surface area contributed by atoms with E-state index in [1.54, 1.807) is 49.4 Å². The number of aromatic nitrogens is 1. The van der Waals surface area contributed by atoms with Crippen LogP contribution in [0.15, 0.2) is 42.5 Å². The van der Waals surface area contributed by atoms with Gasteiger partial charge in [0.1, 0.15) is 5.75 Å². The molecule has 0 fully saturated rings. The van der Waals surface area contributed by atoms with Crippen LogP contribution in [0.2, 0.25) is 5.02 Å². The number of rotatable bonds is 5. The number of carboxylic acids is 1. The van der Waals surface area contributed by atoms with Crippen molar-refractivity contribution in [2.45, 2.75) is 6.92 Å². The fourth-order valence-electron chi connectivity index (χ4n) is 2.59. The third-order valence-corrected chi connectivity index (χ3v) is 4.03. The van der Waals surface area contributed by atoms with E-state index < -0.39 is 5.97 Å². The molecule has 0 spiro atoms. The second-order valence-electron chi connectivity index (χ2n) is 5.51. The van der Waals surface area contributed by atoms with E-state index in [4.69, 9.17) is 16.3 Å². The zero-order valence-corrected chi connectivity index (χ0v) is 14.7. The summed E-state index contributed by atoms with van der Waals surface area (Å²) in [5.74, 6) is -1.20. The lowest BCUT2D eigenvalue weighted by molar-refractivity contribution is -0.270. The Morgan fingerprint density at radius 1 is 1.27 bits per heavy atom. The molecule has 0 bridgehead atoms. The van der Waals surface area contributed by atoms with Crippen molar-refractivity contribution in [3.8, 4) is 11.5 Å². The lowest BCUT2D eigenvalue weighted by Gasteiger charge is -2.16. The Labute approximate surface area is 155 Å². The molecule has 0 amide bonds. The van der Waals surface area contributed by atoms with E-state index in [0.717, 1.165) is 0 Å². The molecule has 3 aromatic rings. The molecule has 0 atom stereocenters. The zero-order valence-electron chi connectivity index (χ0n) is 13.9. The molecule has 5 nitrogen and oxygen atoms in total. The standard InChI is InChI=1S/C20H16ClNO4/c1-2-26-18-10-12(9-16(21)19(18)23)7-8-13-11-15(20(24)25)14-5-3-4-6-17(14)22-13/h3-11,23H,2H2,1H3,(H,24,25)/p-1/b8-7+. The molecule has 0 aliphatic rings. The largest absolute Gasteiger partial charge is 0.869 e. The van der Waals surface area contributed by atoms with E-state index in [1.807, 2.05) is 0 Å². The minimum atomic E-state index is -1.02. The maximum absolute atomic E-state index is 11.9. The molecule has 0 saturated heterocycles. The van der Waals surface area contributed by atoms with Gasteiger partial charge in [0.15, 0.2) is 0 Å². The van der Waals surface area contributed by atoms with Gasteiger partial charge in [-0.3, -0.25) is 0 Å². The predicted octanol–water partition coefficient (Wildman–Crippen LogP) is 4.23. The monoisotopic (exact) mass is 368 g/mol. The molecule has 1 aromatic heterocycles. The van der Waals surface area contributed by atoms with Crippen molar-refractivity contribution in [3.05, 3.63) is 64.3 Å². The third-order valence-electron chi connectivity index (χ3n) is 3.74. The van der Waals surface area contributed by atoms with Crippen LogP contribution in [0, 0.1) is 0 Å². The molecule has 1 heterocycles. The van der Waals surface area contributed by atoms with Gasteiger partial charge in [-0.1, -0.05) is 35.9 Å². The second-order valence-corrected chi connectivity index (χ2v) is 5.92. The lowest BCUT2D eigenvalue weighted by Crippen LogP contribution is -2.00. The SMILES string of the molecule is CCOc1cc(/C=C/c2cc(C(=O)O)c3ccccc3n2)cc(Cl)c1[O-]. The number of carboxylic acid groups (broad SMARTS) is 1. The van der Waals surface area contributed by atoms with E-state index in [0.29, 0.717) is 28.8 Å². The number of ether oxygens (including phenoxy) is 1. The lowest BCUT2D eigenvalue weighted by atomic mass is 10.1. The number of hydrogen-bond donors (Lipinski definition) is 1. The fourth-order valence-corrected chi connectivity index (χ4v) is 2.81. The Morgan fingerprint density at radius 3 is 2.77 bits per heavy atom. The highest BCUT2D eigenvalue weighted by molar-refractivity contribution is 6.32. The van der Waals surface area contributed by atoms with Crippen LogP contribution in [0.1, 0.15) is 28.5 Å². The number of fused-ring (bicyclic) bond motifs is 1. The molecule has 0 unspecified atom stereocenters. The van der Waals surface area contributed by atoms with E-state index in [9.17, 15) is 15.0 Å².